The Morgan fingerprint density at radius 1 is 0.897 bits per heavy atom. The molecule has 0 saturated carbocycles. The third-order valence-corrected chi connectivity index (χ3v) is 5.02. The molecule has 0 unspecified atom stereocenters. The van der Waals surface area contributed by atoms with Crippen LogP contribution in [0.4, 0.5) is 0 Å². The maximum absolute atomic E-state index is 12.7. The van der Waals surface area contributed by atoms with Gasteiger partial charge in [-0.3, -0.25) is 14.5 Å². The Morgan fingerprint density at radius 2 is 1.48 bits per heavy atom. The van der Waals surface area contributed by atoms with Gasteiger partial charge in [0.2, 0.25) is 0 Å². The predicted octanol–water partition coefficient (Wildman–Crippen LogP) is 1.89. The zero-order valence-electron chi connectivity index (χ0n) is 16.9. The van der Waals surface area contributed by atoms with Crippen molar-refractivity contribution >= 4 is 11.8 Å². The summed E-state index contributed by atoms with van der Waals surface area (Å²) in [5.74, 6) is 1.25. The summed E-state index contributed by atoms with van der Waals surface area (Å²) in [7, 11) is 3.17. The van der Waals surface area contributed by atoms with Gasteiger partial charge in [-0.1, -0.05) is 12.1 Å². The van der Waals surface area contributed by atoms with Crippen molar-refractivity contribution in [2.24, 2.45) is 0 Å². The van der Waals surface area contributed by atoms with Crippen molar-refractivity contribution in [2.75, 3.05) is 53.5 Å². The Balaban J connectivity index is 1.42. The summed E-state index contributed by atoms with van der Waals surface area (Å²) in [4.78, 5) is 29.0. The lowest BCUT2D eigenvalue weighted by molar-refractivity contribution is 0.0637. The van der Waals surface area contributed by atoms with E-state index in [0.29, 0.717) is 42.3 Å². The first-order chi connectivity index (χ1) is 14.1. The molecule has 1 heterocycles. The second-order valence-corrected chi connectivity index (χ2v) is 6.85. The molecule has 29 heavy (non-hydrogen) atoms. The highest BCUT2D eigenvalue weighted by Crippen LogP contribution is 2.16. The number of nitrogens with zero attached hydrogens (tertiary/aromatic N) is 2. The number of hydrogen-bond acceptors (Lipinski definition) is 5. The van der Waals surface area contributed by atoms with Gasteiger partial charge in [0.15, 0.2) is 0 Å². The second-order valence-electron chi connectivity index (χ2n) is 6.85. The van der Waals surface area contributed by atoms with Crippen LogP contribution in [-0.2, 0) is 0 Å². The molecule has 0 aromatic heterocycles. The summed E-state index contributed by atoms with van der Waals surface area (Å²) in [6.45, 7) is 4.20. The van der Waals surface area contributed by atoms with Gasteiger partial charge in [-0.05, 0) is 36.4 Å². The molecule has 1 fully saturated rings. The van der Waals surface area contributed by atoms with Crippen LogP contribution >= 0.6 is 0 Å². The molecule has 1 N–H and O–H groups in total. The number of carbonyl (C=O) groups excluding carboxylic acids is 2. The van der Waals surface area contributed by atoms with Gasteiger partial charge < -0.3 is 19.7 Å². The van der Waals surface area contributed by atoms with E-state index in [2.05, 4.69) is 10.2 Å². The van der Waals surface area contributed by atoms with Crippen LogP contribution in [0, 0.1) is 0 Å². The van der Waals surface area contributed by atoms with Crippen LogP contribution in [0.3, 0.4) is 0 Å². The van der Waals surface area contributed by atoms with E-state index in [4.69, 9.17) is 9.47 Å². The molecule has 1 saturated heterocycles. The normalized spacial score (nSPS) is 14.3. The molecule has 0 aliphatic carbocycles. The molecule has 7 heteroatoms. The predicted molar refractivity (Wildman–Crippen MR) is 111 cm³/mol. The summed E-state index contributed by atoms with van der Waals surface area (Å²) in [5, 5.41) is 2.94. The molecule has 0 radical (unpaired) electrons. The molecule has 3 rings (SSSR count). The zero-order valence-corrected chi connectivity index (χ0v) is 16.9. The molecule has 1 aliphatic rings. The number of hydrogen-bond donors (Lipinski definition) is 1. The Kier molecular flexibility index (Phi) is 7.08. The largest absolute Gasteiger partial charge is 0.497 e. The van der Waals surface area contributed by atoms with Crippen molar-refractivity contribution in [3.05, 3.63) is 59.7 Å². The summed E-state index contributed by atoms with van der Waals surface area (Å²) < 4.78 is 10.3. The van der Waals surface area contributed by atoms with Crippen LogP contribution in [0.2, 0.25) is 0 Å². The van der Waals surface area contributed by atoms with Gasteiger partial charge >= 0.3 is 0 Å². The van der Waals surface area contributed by atoms with Crippen LogP contribution in [0.25, 0.3) is 0 Å². The van der Waals surface area contributed by atoms with E-state index in [1.54, 1.807) is 38.5 Å². The average Bonchev–Trinajstić information content (AvgIpc) is 2.79. The van der Waals surface area contributed by atoms with Gasteiger partial charge in [-0.2, -0.15) is 0 Å². The van der Waals surface area contributed by atoms with Crippen molar-refractivity contribution < 1.29 is 19.1 Å². The summed E-state index contributed by atoms with van der Waals surface area (Å²) in [5.41, 5.74) is 1.22. The Morgan fingerprint density at radius 3 is 2.10 bits per heavy atom. The molecule has 0 bridgehead atoms. The highest BCUT2D eigenvalue weighted by atomic mass is 16.5. The number of ether oxygens (including phenoxy) is 2. The molecule has 154 valence electrons. The topological polar surface area (TPSA) is 71.1 Å². The van der Waals surface area contributed by atoms with Gasteiger partial charge in [0, 0.05) is 50.4 Å². The maximum Gasteiger partial charge on any atom is 0.254 e. The van der Waals surface area contributed by atoms with E-state index < -0.39 is 0 Å². The third-order valence-electron chi connectivity index (χ3n) is 5.02. The van der Waals surface area contributed by atoms with Gasteiger partial charge in [0.05, 0.1) is 14.2 Å². The SMILES string of the molecule is COc1cccc(C(=O)NCCN2CCN(C(=O)c3cccc(OC)c3)CC2)c1. The fourth-order valence-corrected chi connectivity index (χ4v) is 3.31. The first-order valence-corrected chi connectivity index (χ1v) is 9.68. The van der Waals surface area contributed by atoms with E-state index in [1.807, 2.05) is 29.2 Å². The number of piperazine rings is 1. The second kappa shape index (κ2) is 9.93. The third kappa shape index (κ3) is 5.48. The highest BCUT2D eigenvalue weighted by Gasteiger charge is 2.22. The lowest BCUT2D eigenvalue weighted by Gasteiger charge is -2.34. The summed E-state index contributed by atoms with van der Waals surface area (Å²) in [6, 6.07) is 14.3. The molecule has 2 aromatic carbocycles. The van der Waals surface area contributed by atoms with Gasteiger partial charge in [-0.15, -0.1) is 0 Å². The fraction of sp³-hybridized carbons (Fsp3) is 0.364. The maximum atomic E-state index is 12.7. The Bertz CT molecular complexity index is 845. The quantitative estimate of drug-likeness (QED) is 0.773. The molecule has 0 spiro atoms. The van der Waals surface area contributed by atoms with Crippen molar-refractivity contribution in [3.8, 4) is 11.5 Å². The Labute approximate surface area is 171 Å². The first-order valence-electron chi connectivity index (χ1n) is 9.68. The van der Waals surface area contributed by atoms with E-state index in [1.165, 1.54) is 0 Å². The van der Waals surface area contributed by atoms with E-state index >= 15 is 0 Å². The van der Waals surface area contributed by atoms with E-state index in [0.717, 1.165) is 19.6 Å². The monoisotopic (exact) mass is 397 g/mol. The molecule has 2 amide bonds. The molecule has 2 aromatic rings. The molecular formula is C22H27N3O4. The van der Waals surface area contributed by atoms with E-state index in [-0.39, 0.29) is 11.8 Å². The van der Waals surface area contributed by atoms with E-state index in [9.17, 15) is 9.59 Å². The molecular weight excluding hydrogens is 370 g/mol. The zero-order chi connectivity index (χ0) is 20.6. The minimum Gasteiger partial charge on any atom is -0.497 e. The van der Waals surface area contributed by atoms with Gasteiger partial charge in [0.1, 0.15) is 11.5 Å². The number of nitrogens with one attached hydrogen (secondary N) is 1. The van der Waals surface area contributed by atoms with Crippen LogP contribution in [0.1, 0.15) is 20.7 Å². The fourth-order valence-electron chi connectivity index (χ4n) is 3.31. The molecule has 0 atom stereocenters. The number of benzene rings is 2. The van der Waals surface area contributed by atoms with Crippen LogP contribution < -0.4 is 14.8 Å². The number of methoxy groups -OCH3 is 2. The van der Waals surface area contributed by atoms with Crippen LogP contribution in [0.15, 0.2) is 48.5 Å². The lowest BCUT2D eigenvalue weighted by Crippen LogP contribution is -2.50. The lowest BCUT2D eigenvalue weighted by atomic mass is 10.1. The first kappa shape index (κ1) is 20.7. The van der Waals surface area contributed by atoms with Crippen molar-refractivity contribution in [1.29, 1.82) is 0 Å². The summed E-state index contributed by atoms with van der Waals surface area (Å²) in [6.07, 6.45) is 0. The van der Waals surface area contributed by atoms with Crippen LogP contribution in [-0.4, -0.2) is 75.1 Å². The van der Waals surface area contributed by atoms with Crippen molar-refractivity contribution in [3.63, 3.8) is 0 Å². The van der Waals surface area contributed by atoms with Crippen molar-refractivity contribution in [2.45, 2.75) is 0 Å². The van der Waals surface area contributed by atoms with Crippen molar-refractivity contribution in [1.82, 2.24) is 15.1 Å². The minimum absolute atomic E-state index is 0.0230. The smallest absolute Gasteiger partial charge is 0.254 e. The molecule has 1 aliphatic heterocycles. The minimum atomic E-state index is -0.115. The Hall–Kier alpha value is -3.06. The summed E-state index contributed by atoms with van der Waals surface area (Å²) >= 11 is 0. The van der Waals surface area contributed by atoms with Gasteiger partial charge in [0.25, 0.3) is 11.8 Å². The van der Waals surface area contributed by atoms with Crippen LogP contribution in [0.5, 0.6) is 11.5 Å². The average molecular weight is 397 g/mol. The number of amides is 2. The number of carbonyl (C=O) groups is 2. The number of rotatable bonds is 7. The van der Waals surface area contributed by atoms with Gasteiger partial charge in [-0.25, -0.2) is 0 Å². The standard InChI is InChI=1S/C22H27N3O4/c1-28-19-7-3-5-17(15-19)21(26)23-9-10-24-11-13-25(14-12-24)22(27)18-6-4-8-20(16-18)29-2/h3-8,15-16H,9-14H2,1-2H3,(H,23,26). The highest BCUT2D eigenvalue weighted by molar-refractivity contribution is 5.95. The molecule has 7 nitrogen and oxygen atoms in total.